The highest BCUT2D eigenvalue weighted by Gasteiger charge is 2.21. The molecule has 4 rings (SSSR count). The molecule has 0 fully saturated rings. The van der Waals surface area contributed by atoms with E-state index in [2.05, 4.69) is 77.9 Å². The quantitative estimate of drug-likeness (QED) is 0.439. The Labute approximate surface area is 170 Å². The first kappa shape index (κ1) is 18.7. The fourth-order valence-corrected chi connectivity index (χ4v) is 5.20. The minimum atomic E-state index is 0.0839. The van der Waals surface area contributed by atoms with Crippen LogP contribution in [0.3, 0.4) is 0 Å². The standard InChI is InChI=1S/C23H26N2S2/c1-22(2,3)15-9-7-14(8-10-15)18-13-26-19-12-20-17(11-16(19)24-18)25-21(27-20)23(4,5)6/h7-12H,13H2,1-6H3. The number of aliphatic imine (C=N–C) groups is 1. The van der Waals surface area contributed by atoms with Crippen LogP contribution in [0.1, 0.15) is 57.7 Å². The van der Waals surface area contributed by atoms with Crippen LogP contribution in [-0.4, -0.2) is 16.4 Å². The van der Waals surface area contributed by atoms with E-state index in [1.54, 1.807) is 11.3 Å². The van der Waals surface area contributed by atoms with Crippen molar-refractivity contribution in [1.29, 1.82) is 0 Å². The monoisotopic (exact) mass is 394 g/mol. The van der Waals surface area contributed by atoms with Crippen LogP contribution in [0.15, 0.2) is 46.3 Å². The van der Waals surface area contributed by atoms with E-state index in [9.17, 15) is 0 Å². The maximum absolute atomic E-state index is 4.99. The molecule has 0 radical (unpaired) electrons. The van der Waals surface area contributed by atoms with Gasteiger partial charge in [0.2, 0.25) is 0 Å². The highest BCUT2D eigenvalue weighted by molar-refractivity contribution is 8.00. The Morgan fingerprint density at radius 1 is 0.889 bits per heavy atom. The number of hydrogen-bond acceptors (Lipinski definition) is 4. The number of rotatable bonds is 1. The Hall–Kier alpha value is -1.65. The first-order chi connectivity index (χ1) is 12.6. The molecule has 0 amide bonds. The van der Waals surface area contributed by atoms with Crippen molar-refractivity contribution in [2.24, 2.45) is 4.99 Å². The largest absolute Gasteiger partial charge is 0.251 e. The molecule has 0 spiro atoms. The summed E-state index contributed by atoms with van der Waals surface area (Å²) in [5.74, 6) is 0.915. The van der Waals surface area contributed by atoms with Crippen molar-refractivity contribution in [3.05, 3.63) is 52.5 Å². The summed E-state index contributed by atoms with van der Waals surface area (Å²) in [6.45, 7) is 13.4. The van der Waals surface area contributed by atoms with Crippen molar-refractivity contribution in [2.45, 2.75) is 57.3 Å². The van der Waals surface area contributed by atoms with Gasteiger partial charge in [0.1, 0.15) is 0 Å². The van der Waals surface area contributed by atoms with Gasteiger partial charge in [-0.1, -0.05) is 65.8 Å². The van der Waals surface area contributed by atoms with E-state index in [0.717, 1.165) is 22.7 Å². The summed E-state index contributed by atoms with van der Waals surface area (Å²) in [5, 5.41) is 1.19. The van der Waals surface area contributed by atoms with Crippen LogP contribution in [0.25, 0.3) is 10.2 Å². The molecule has 3 aromatic rings. The lowest BCUT2D eigenvalue weighted by Gasteiger charge is -2.20. The third-order valence-electron chi connectivity index (χ3n) is 4.81. The van der Waals surface area contributed by atoms with E-state index in [-0.39, 0.29) is 10.8 Å². The van der Waals surface area contributed by atoms with Gasteiger partial charge in [0.15, 0.2) is 0 Å². The number of nitrogens with zero attached hydrogens (tertiary/aromatic N) is 2. The molecule has 140 valence electrons. The Morgan fingerprint density at radius 3 is 2.22 bits per heavy atom. The van der Waals surface area contributed by atoms with Crippen LogP contribution in [0, 0.1) is 0 Å². The lowest BCUT2D eigenvalue weighted by atomic mass is 9.86. The summed E-state index contributed by atoms with van der Waals surface area (Å²) in [6.07, 6.45) is 0. The van der Waals surface area contributed by atoms with Crippen molar-refractivity contribution in [3.8, 4) is 0 Å². The van der Waals surface area contributed by atoms with E-state index in [4.69, 9.17) is 9.98 Å². The Balaban J connectivity index is 1.71. The van der Waals surface area contributed by atoms with E-state index >= 15 is 0 Å². The van der Waals surface area contributed by atoms with E-state index < -0.39 is 0 Å². The van der Waals surface area contributed by atoms with Crippen molar-refractivity contribution >= 4 is 44.7 Å². The minimum absolute atomic E-state index is 0.0839. The number of hydrogen-bond donors (Lipinski definition) is 0. The van der Waals surface area contributed by atoms with Crippen LogP contribution >= 0.6 is 23.1 Å². The molecule has 1 aromatic heterocycles. The van der Waals surface area contributed by atoms with Gasteiger partial charge in [0, 0.05) is 16.1 Å². The van der Waals surface area contributed by atoms with Crippen LogP contribution in [-0.2, 0) is 10.8 Å². The number of thiazole rings is 1. The van der Waals surface area contributed by atoms with Gasteiger partial charge in [0.25, 0.3) is 0 Å². The van der Waals surface area contributed by atoms with Gasteiger partial charge < -0.3 is 0 Å². The van der Waals surface area contributed by atoms with Crippen LogP contribution in [0.4, 0.5) is 5.69 Å². The van der Waals surface area contributed by atoms with Gasteiger partial charge in [-0.2, -0.15) is 0 Å². The van der Waals surface area contributed by atoms with Gasteiger partial charge in [-0.3, -0.25) is 4.99 Å². The van der Waals surface area contributed by atoms with Crippen molar-refractivity contribution in [2.75, 3.05) is 5.75 Å². The number of fused-ring (bicyclic) bond motifs is 2. The van der Waals surface area contributed by atoms with E-state index in [0.29, 0.717) is 0 Å². The maximum Gasteiger partial charge on any atom is 0.0992 e. The molecule has 0 aliphatic carbocycles. The molecule has 27 heavy (non-hydrogen) atoms. The summed E-state index contributed by atoms with van der Waals surface area (Å²) in [6, 6.07) is 13.3. The van der Waals surface area contributed by atoms with E-state index in [1.165, 1.54) is 25.7 Å². The zero-order chi connectivity index (χ0) is 19.4. The zero-order valence-corrected chi connectivity index (χ0v) is 18.5. The lowest BCUT2D eigenvalue weighted by molar-refractivity contribution is 0.587. The topological polar surface area (TPSA) is 25.2 Å². The number of benzene rings is 2. The molecule has 0 unspecified atom stereocenters. The van der Waals surface area contributed by atoms with Gasteiger partial charge in [-0.05, 0) is 28.7 Å². The highest BCUT2D eigenvalue weighted by atomic mass is 32.2. The van der Waals surface area contributed by atoms with Crippen LogP contribution in [0.2, 0.25) is 0 Å². The van der Waals surface area contributed by atoms with E-state index in [1.807, 2.05) is 11.8 Å². The normalized spacial score (nSPS) is 15.0. The molecule has 2 nitrogen and oxygen atoms in total. The molecular formula is C23H26N2S2. The first-order valence-electron chi connectivity index (χ1n) is 9.38. The molecule has 1 aliphatic rings. The molecule has 2 heterocycles. The molecule has 0 atom stereocenters. The predicted molar refractivity (Wildman–Crippen MR) is 120 cm³/mol. The Bertz CT molecular complexity index is 1030. The SMILES string of the molecule is CC(C)(C)c1ccc(C2=Nc3cc4nc(C(C)(C)C)sc4cc3SC2)cc1. The summed E-state index contributed by atoms with van der Waals surface area (Å²) in [4.78, 5) is 11.1. The second kappa shape index (κ2) is 6.46. The second-order valence-corrected chi connectivity index (χ2v) is 11.3. The fraction of sp³-hybridized carbons (Fsp3) is 0.391. The molecule has 0 bridgehead atoms. The lowest BCUT2D eigenvalue weighted by Crippen LogP contribution is -2.12. The molecule has 0 saturated heterocycles. The smallest absolute Gasteiger partial charge is 0.0992 e. The molecule has 0 N–H and O–H groups in total. The maximum atomic E-state index is 4.99. The van der Waals surface area contributed by atoms with Crippen LogP contribution < -0.4 is 0 Å². The summed E-state index contributed by atoms with van der Waals surface area (Å²) in [5.41, 5.74) is 6.11. The minimum Gasteiger partial charge on any atom is -0.251 e. The summed E-state index contributed by atoms with van der Waals surface area (Å²) < 4.78 is 1.26. The second-order valence-electron chi connectivity index (χ2n) is 9.23. The van der Waals surface area contributed by atoms with Crippen molar-refractivity contribution in [3.63, 3.8) is 0 Å². The van der Waals surface area contributed by atoms with Crippen molar-refractivity contribution in [1.82, 2.24) is 4.98 Å². The third kappa shape index (κ3) is 3.70. The van der Waals surface area contributed by atoms with Gasteiger partial charge in [0.05, 0.1) is 26.6 Å². The Kier molecular flexibility index (Phi) is 4.47. The first-order valence-corrected chi connectivity index (χ1v) is 11.2. The number of thioether (sulfide) groups is 1. The van der Waals surface area contributed by atoms with Crippen LogP contribution in [0.5, 0.6) is 0 Å². The fourth-order valence-electron chi connectivity index (χ4n) is 3.10. The van der Waals surface area contributed by atoms with Gasteiger partial charge in [-0.25, -0.2) is 4.98 Å². The molecule has 0 saturated carbocycles. The average molecular weight is 395 g/mol. The average Bonchev–Trinajstić information content (AvgIpc) is 3.02. The predicted octanol–water partition coefficient (Wildman–Crippen LogP) is 7.12. The zero-order valence-electron chi connectivity index (χ0n) is 16.9. The Morgan fingerprint density at radius 2 is 1.59 bits per heavy atom. The number of aromatic nitrogens is 1. The summed E-state index contributed by atoms with van der Waals surface area (Å²) in [7, 11) is 0. The molecule has 2 aromatic carbocycles. The third-order valence-corrected chi connectivity index (χ3v) is 7.31. The molecular weight excluding hydrogens is 368 g/mol. The molecule has 1 aliphatic heterocycles. The highest BCUT2D eigenvalue weighted by Crippen LogP contribution is 2.41. The van der Waals surface area contributed by atoms with Gasteiger partial charge >= 0.3 is 0 Å². The van der Waals surface area contributed by atoms with Gasteiger partial charge in [-0.15, -0.1) is 23.1 Å². The molecule has 4 heteroatoms. The van der Waals surface area contributed by atoms with Crippen molar-refractivity contribution < 1.29 is 0 Å². The summed E-state index contributed by atoms with van der Waals surface area (Å²) >= 11 is 3.69.